The summed E-state index contributed by atoms with van der Waals surface area (Å²) in [5, 5.41) is 10.3. The maximum Gasteiger partial charge on any atom is 0.0189 e. The zero-order valence-corrected chi connectivity index (χ0v) is 23.5. The maximum absolute atomic E-state index is 4.94. The molecule has 0 unspecified atom stereocenters. The smallest absolute Gasteiger partial charge is 0.0189 e. The fourth-order valence-electron chi connectivity index (χ4n) is 6.23. The van der Waals surface area contributed by atoms with Crippen LogP contribution in [0.4, 0.5) is 0 Å². The standard InChI is InChI=1S/C34H28N.Ir/c1-20(2)15-21-9-10-22-11-12-25-26-13-14-35-33-29-17-23-7-5-6-8-24(23)18-30(29)34(3,4)31(32(26)33)19-28(25)27(22)16-21;/h5-14,16,18-20H,15H2,1-4H3;/q-1;. The van der Waals surface area contributed by atoms with E-state index in [9.17, 15) is 0 Å². The summed E-state index contributed by atoms with van der Waals surface area (Å²) < 4.78 is 0. The Morgan fingerprint density at radius 1 is 0.778 bits per heavy atom. The van der Waals surface area contributed by atoms with Gasteiger partial charge in [-0.25, -0.2) is 0 Å². The van der Waals surface area contributed by atoms with Crippen molar-refractivity contribution in [1.82, 2.24) is 4.98 Å². The quantitative estimate of drug-likeness (QED) is 0.136. The zero-order chi connectivity index (χ0) is 23.9. The summed E-state index contributed by atoms with van der Waals surface area (Å²) >= 11 is 0. The summed E-state index contributed by atoms with van der Waals surface area (Å²) in [5.41, 5.74) is 6.13. The molecular formula is C34H28IrN-. The van der Waals surface area contributed by atoms with Gasteiger partial charge in [-0.05, 0) is 67.3 Å². The molecule has 1 nitrogen and oxygen atoms in total. The number of nitrogens with zero attached hydrogens (tertiary/aromatic N) is 1. The van der Waals surface area contributed by atoms with Crippen molar-refractivity contribution in [3.8, 4) is 11.3 Å². The SMILES string of the molecule is CC(C)Cc1ccc2ccc3c4ccnc5c4c(cc3c2c1)C(C)(C)c1cc2ccccc2[c-]c1-5.[Ir]. The Kier molecular flexibility index (Phi) is 5.34. The second kappa shape index (κ2) is 8.23. The van der Waals surface area contributed by atoms with E-state index < -0.39 is 0 Å². The number of benzene rings is 5. The summed E-state index contributed by atoms with van der Waals surface area (Å²) in [6, 6.07) is 30.9. The zero-order valence-electron chi connectivity index (χ0n) is 21.1. The van der Waals surface area contributed by atoms with Crippen LogP contribution in [0.2, 0.25) is 0 Å². The Labute approximate surface area is 225 Å². The first-order valence-electron chi connectivity index (χ1n) is 12.7. The molecule has 1 aliphatic carbocycles. The number of fused-ring (bicyclic) bond motifs is 7. The second-order valence-electron chi connectivity index (χ2n) is 11.1. The maximum atomic E-state index is 4.94. The summed E-state index contributed by atoms with van der Waals surface area (Å²) in [5.74, 6) is 0.638. The van der Waals surface area contributed by atoms with Gasteiger partial charge in [0.05, 0.1) is 0 Å². The van der Waals surface area contributed by atoms with Crippen LogP contribution in [-0.2, 0) is 31.9 Å². The van der Waals surface area contributed by atoms with Crippen LogP contribution in [0.1, 0.15) is 44.4 Å². The van der Waals surface area contributed by atoms with E-state index in [2.05, 4.69) is 107 Å². The molecule has 179 valence electrons. The molecule has 1 aliphatic rings. The van der Waals surface area contributed by atoms with Crippen molar-refractivity contribution in [1.29, 1.82) is 0 Å². The van der Waals surface area contributed by atoms with E-state index in [1.807, 2.05) is 6.20 Å². The van der Waals surface area contributed by atoms with E-state index in [1.54, 1.807) is 0 Å². The Hall–Kier alpha value is -3.06. The van der Waals surface area contributed by atoms with Gasteiger partial charge >= 0.3 is 0 Å². The van der Waals surface area contributed by atoms with Crippen molar-refractivity contribution in [2.45, 2.75) is 39.5 Å². The molecule has 0 aliphatic heterocycles. The average molecular weight is 643 g/mol. The summed E-state index contributed by atoms with van der Waals surface area (Å²) in [4.78, 5) is 4.94. The van der Waals surface area contributed by atoms with Gasteiger partial charge in [-0.2, -0.15) is 0 Å². The monoisotopic (exact) mass is 643 g/mol. The van der Waals surface area contributed by atoms with Crippen molar-refractivity contribution in [2.75, 3.05) is 0 Å². The predicted octanol–water partition coefficient (Wildman–Crippen LogP) is 9.00. The van der Waals surface area contributed by atoms with Gasteiger partial charge in [-0.1, -0.05) is 98.8 Å². The predicted molar refractivity (Wildman–Crippen MR) is 149 cm³/mol. The summed E-state index contributed by atoms with van der Waals surface area (Å²) in [7, 11) is 0. The molecule has 0 spiro atoms. The van der Waals surface area contributed by atoms with Crippen LogP contribution in [0, 0.1) is 12.0 Å². The number of hydrogen-bond donors (Lipinski definition) is 0. The molecular weight excluding hydrogens is 615 g/mol. The summed E-state index contributed by atoms with van der Waals surface area (Å²) in [6.45, 7) is 9.31. The largest absolute Gasteiger partial charge is 0.294 e. The third-order valence-electron chi connectivity index (χ3n) is 7.94. The molecule has 7 rings (SSSR count). The van der Waals surface area contributed by atoms with Gasteiger partial charge in [-0.3, -0.25) is 4.98 Å². The van der Waals surface area contributed by atoms with Gasteiger partial charge in [-0.15, -0.1) is 23.6 Å². The van der Waals surface area contributed by atoms with Gasteiger partial charge in [0.25, 0.3) is 0 Å². The molecule has 0 atom stereocenters. The molecule has 0 N–H and O–H groups in total. The van der Waals surface area contributed by atoms with E-state index >= 15 is 0 Å². The molecule has 0 amide bonds. The van der Waals surface area contributed by atoms with Crippen LogP contribution in [0.5, 0.6) is 0 Å². The van der Waals surface area contributed by atoms with Gasteiger partial charge < -0.3 is 0 Å². The fraction of sp³-hybridized carbons (Fsp3) is 0.206. The van der Waals surface area contributed by atoms with E-state index in [4.69, 9.17) is 4.98 Å². The molecule has 0 bridgehead atoms. The van der Waals surface area contributed by atoms with Crippen LogP contribution >= 0.6 is 0 Å². The molecule has 0 saturated heterocycles. The molecule has 36 heavy (non-hydrogen) atoms. The van der Waals surface area contributed by atoms with Gasteiger partial charge in [0.2, 0.25) is 0 Å². The number of rotatable bonds is 2. The van der Waals surface area contributed by atoms with Crippen molar-refractivity contribution in [3.63, 3.8) is 0 Å². The van der Waals surface area contributed by atoms with Crippen LogP contribution in [0.25, 0.3) is 54.3 Å². The van der Waals surface area contributed by atoms with Crippen molar-refractivity contribution in [3.05, 3.63) is 102 Å². The molecule has 1 radical (unpaired) electrons. The minimum absolute atomic E-state index is 0. The minimum atomic E-state index is -0.157. The van der Waals surface area contributed by atoms with E-state index in [0.29, 0.717) is 5.92 Å². The Bertz CT molecular complexity index is 1830. The number of aromatic nitrogens is 1. The minimum Gasteiger partial charge on any atom is -0.294 e. The molecule has 1 heterocycles. The fourth-order valence-corrected chi connectivity index (χ4v) is 6.23. The topological polar surface area (TPSA) is 12.9 Å². The van der Waals surface area contributed by atoms with Crippen molar-refractivity contribution < 1.29 is 20.1 Å². The van der Waals surface area contributed by atoms with E-state index in [0.717, 1.165) is 23.1 Å². The Morgan fingerprint density at radius 3 is 2.42 bits per heavy atom. The van der Waals surface area contributed by atoms with Crippen LogP contribution in [-0.4, -0.2) is 4.98 Å². The Balaban J connectivity index is 0.00000240. The van der Waals surface area contributed by atoms with E-state index in [1.165, 1.54) is 54.4 Å². The van der Waals surface area contributed by atoms with E-state index in [-0.39, 0.29) is 25.5 Å². The van der Waals surface area contributed by atoms with Crippen LogP contribution < -0.4 is 0 Å². The first kappa shape index (κ1) is 23.3. The van der Waals surface area contributed by atoms with Crippen LogP contribution in [0.3, 0.4) is 0 Å². The molecule has 5 aromatic carbocycles. The molecule has 0 saturated carbocycles. The molecule has 0 fully saturated rings. The van der Waals surface area contributed by atoms with Crippen molar-refractivity contribution >= 4 is 43.1 Å². The first-order chi connectivity index (χ1) is 16.9. The Morgan fingerprint density at radius 2 is 1.58 bits per heavy atom. The molecule has 6 aromatic rings. The van der Waals surface area contributed by atoms with Gasteiger partial charge in [0.15, 0.2) is 0 Å². The first-order valence-corrected chi connectivity index (χ1v) is 12.7. The number of hydrogen-bond acceptors (Lipinski definition) is 1. The van der Waals surface area contributed by atoms with Gasteiger partial charge in [0.1, 0.15) is 0 Å². The second-order valence-corrected chi connectivity index (χ2v) is 11.1. The third kappa shape index (κ3) is 3.28. The summed E-state index contributed by atoms with van der Waals surface area (Å²) in [6.07, 6.45) is 3.08. The molecule has 1 aromatic heterocycles. The normalized spacial score (nSPS) is 13.9. The van der Waals surface area contributed by atoms with Gasteiger partial charge in [0, 0.05) is 32.0 Å². The molecule has 2 heteroatoms. The number of pyridine rings is 1. The third-order valence-corrected chi connectivity index (χ3v) is 7.94. The average Bonchev–Trinajstić information content (AvgIpc) is 2.85. The van der Waals surface area contributed by atoms with Crippen molar-refractivity contribution in [2.24, 2.45) is 5.92 Å². The van der Waals surface area contributed by atoms with Crippen LogP contribution in [0.15, 0.2) is 79.0 Å².